The number of rotatable bonds is 8. The first kappa shape index (κ1) is 21.9. The van der Waals surface area contributed by atoms with E-state index in [-0.39, 0.29) is 31.2 Å². The zero-order chi connectivity index (χ0) is 22.1. The van der Waals surface area contributed by atoms with Gasteiger partial charge >= 0.3 is 5.91 Å². The number of hydrazine groups is 1. The number of ether oxygens (including phenoxy) is 1. The number of furan rings is 1. The van der Waals surface area contributed by atoms with E-state index in [4.69, 9.17) is 20.8 Å². The summed E-state index contributed by atoms with van der Waals surface area (Å²) in [6.45, 7) is 0.266. The summed E-state index contributed by atoms with van der Waals surface area (Å²) in [5.74, 6) is -0.226. The molecule has 0 spiro atoms. The number of nitrogens with one attached hydrogen (secondary N) is 3. The highest BCUT2D eigenvalue weighted by Crippen LogP contribution is 2.14. The SMILES string of the molecule is O=C(CCNC(=O)c1ccc(Cl)cc1)NNC(=O)c1ccc(COc2ccccc2)o1. The lowest BCUT2D eigenvalue weighted by atomic mass is 10.2. The summed E-state index contributed by atoms with van der Waals surface area (Å²) in [5.41, 5.74) is 4.97. The van der Waals surface area contributed by atoms with Gasteiger partial charge in [0.2, 0.25) is 5.91 Å². The van der Waals surface area contributed by atoms with Gasteiger partial charge in [-0.2, -0.15) is 0 Å². The maximum atomic E-state index is 12.1. The van der Waals surface area contributed by atoms with Gasteiger partial charge in [0.05, 0.1) is 0 Å². The number of hydrogen-bond donors (Lipinski definition) is 3. The summed E-state index contributed by atoms with van der Waals surface area (Å²) in [7, 11) is 0. The molecule has 0 radical (unpaired) electrons. The standard InChI is InChI=1S/C22H20ClN3O5/c23-16-8-6-15(7-9-16)21(28)24-13-12-20(27)25-26-22(29)19-11-10-18(31-19)14-30-17-4-2-1-3-5-17/h1-11H,12-14H2,(H,24,28)(H,25,27)(H,26,29). The second kappa shape index (κ2) is 10.8. The number of halogens is 1. The molecule has 3 aromatic rings. The van der Waals surface area contributed by atoms with Crippen molar-refractivity contribution in [3.63, 3.8) is 0 Å². The molecular weight excluding hydrogens is 422 g/mol. The van der Waals surface area contributed by atoms with E-state index >= 15 is 0 Å². The fraction of sp³-hybridized carbons (Fsp3) is 0.136. The van der Waals surface area contributed by atoms with E-state index < -0.39 is 11.8 Å². The summed E-state index contributed by atoms with van der Waals surface area (Å²) in [6.07, 6.45) is -0.0199. The maximum Gasteiger partial charge on any atom is 0.305 e. The van der Waals surface area contributed by atoms with Crippen LogP contribution in [-0.2, 0) is 11.4 Å². The van der Waals surface area contributed by atoms with Gasteiger partial charge in [0, 0.05) is 23.6 Å². The lowest BCUT2D eigenvalue weighted by molar-refractivity contribution is -0.121. The minimum absolute atomic E-state index is 0.0199. The van der Waals surface area contributed by atoms with Gasteiger partial charge in [-0.05, 0) is 48.5 Å². The molecule has 0 unspecified atom stereocenters. The third-order valence-corrected chi connectivity index (χ3v) is 4.32. The van der Waals surface area contributed by atoms with E-state index in [1.807, 2.05) is 30.3 Å². The molecule has 0 fully saturated rings. The van der Waals surface area contributed by atoms with E-state index in [9.17, 15) is 14.4 Å². The number of amides is 3. The van der Waals surface area contributed by atoms with Gasteiger partial charge in [0.1, 0.15) is 18.1 Å². The van der Waals surface area contributed by atoms with Crippen molar-refractivity contribution in [3.05, 3.63) is 88.8 Å². The van der Waals surface area contributed by atoms with Crippen molar-refractivity contribution in [1.82, 2.24) is 16.2 Å². The predicted octanol–water partition coefficient (Wildman–Crippen LogP) is 3.09. The Labute approximate surface area is 183 Å². The van der Waals surface area contributed by atoms with Crippen LogP contribution in [0.3, 0.4) is 0 Å². The third-order valence-electron chi connectivity index (χ3n) is 4.07. The second-order valence-electron chi connectivity index (χ2n) is 6.38. The van der Waals surface area contributed by atoms with Gasteiger partial charge in [0.25, 0.3) is 5.91 Å². The van der Waals surface area contributed by atoms with E-state index in [2.05, 4.69) is 16.2 Å². The Morgan fingerprint density at radius 2 is 1.61 bits per heavy atom. The Kier molecular flexibility index (Phi) is 7.67. The Balaban J connectivity index is 1.36. The molecule has 0 saturated heterocycles. The van der Waals surface area contributed by atoms with E-state index in [1.165, 1.54) is 6.07 Å². The zero-order valence-corrected chi connectivity index (χ0v) is 17.1. The van der Waals surface area contributed by atoms with Crippen LogP contribution in [0.5, 0.6) is 5.75 Å². The Morgan fingerprint density at radius 3 is 2.35 bits per heavy atom. The third kappa shape index (κ3) is 6.90. The summed E-state index contributed by atoms with van der Waals surface area (Å²) in [6, 6.07) is 18.7. The monoisotopic (exact) mass is 441 g/mol. The van der Waals surface area contributed by atoms with Crippen LogP contribution in [0.4, 0.5) is 0 Å². The first-order valence-electron chi connectivity index (χ1n) is 9.41. The quantitative estimate of drug-likeness (QED) is 0.465. The molecule has 1 heterocycles. The number of benzene rings is 2. The van der Waals surface area contributed by atoms with Crippen LogP contribution in [-0.4, -0.2) is 24.3 Å². The highest BCUT2D eigenvalue weighted by molar-refractivity contribution is 6.30. The van der Waals surface area contributed by atoms with Gasteiger partial charge in [-0.15, -0.1) is 0 Å². The van der Waals surface area contributed by atoms with Crippen LogP contribution in [0.1, 0.15) is 33.1 Å². The van der Waals surface area contributed by atoms with Crippen LogP contribution in [0, 0.1) is 0 Å². The van der Waals surface area contributed by atoms with Crippen molar-refractivity contribution in [2.75, 3.05) is 6.54 Å². The molecule has 0 atom stereocenters. The average Bonchev–Trinajstić information content (AvgIpc) is 3.26. The van der Waals surface area contributed by atoms with Gasteiger partial charge in [-0.3, -0.25) is 25.2 Å². The van der Waals surface area contributed by atoms with Crippen molar-refractivity contribution in [2.24, 2.45) is 0 Å². The Hall–Kier alpha value is -3.78. The molecule has 160 valence electrons. The highest BCUT2D eigenvalue weighted by Gasteiger charge is 2.13. The summed E-state index contributed by atoms with van der Waals surface area (Å²) < 4.78 is 11.0. The number of hydrogen-bond acceptors (Lipinski definition) is 5. The molecule has 2 aromatic carbocycles. The van der Waals surface area contributed by atoms with Gasteiger partial charge in [0.15, 0.2) is 5.76 Å². The normalized spacial score (nSPS) is 10.2. The van der Waals surface area contributed by atoms with Gasteiger partial charge < -0.3 is 14.5 Å². The molecule has 0 aliphatic heterocycles. The van der Waals surface area contributed by atoms with Crippen LogP contribution in [0.25, 0.3) is 0 Å². The van der Waals surface area contributed by atoms with E-state index in [0.717, 1.165) is 0 Å². The molecule has 3 rings (SSSR count). The predicted molar refractivity (Wildman–Crippen MR) is 113 cm³/mol. The van der Waals surface area contributed by atoms with Crippen LogP contribution >= 0.6 is 11.6 Å². The Morgan fingerprint density at radius 1 is 0.871 bits per heavy atom. The smallest absolute Gasteiger partial charge is 0.305 e. The maximum absolute atomic E-state index is 12.1. The number of carbonyl (C=O) groups excluding carboxylic acids is 3. The Bertz CT molecular complexity index is 1030. The molecule has 9 heteroatoms. The second-order valence-corrected chi connectivity index (χ2v) is 6.82. The number of para-hydroxylation sites is 1. The highest BCUT2D eigenvalue weighted by atomic mass is 35.5. The van der Waals surface area contributed by atoms with E-state index in [0.29, 0.717) is 22.1 Å². The summed E-state index contributed by atoms with van der Waals surface area (Å²) in [5, 5.41) is 3.14. The molecule has 0 aliphatic rings. The van der Waals surface area contributed by atoms with Crippen molar-refractivity contribution in [2.45, 2.75) is 13.0 Å². The molecule has 3 N–H and O–H groups in total. The molecular formula is C22H20ClN3O5. The molecule has 31 heavy (non-hydrogen) atoms. The minimum atomic E-state index is -0.607. The van der Waals surface area contributed by atoms with E-state index in [1.54, 1.807) is 30.3 Å². The molecule has 0 aliphatic carbocycles. The minimum Gasteiger partial charge on any atom is -0.486 e. The van der Waals surface area contributed by atoms with Gasteiger partial charge in [-0.1, -0.05) is 29.8 Å². The average molecular weight is 442 g/mol. The molecule has 3 amide bonds. The summed E-state index contributed by atoms with van der Waals surface area (Å²) in [4.78, 5) is 35.9. The number of carbonyl (C=O) groups is 3. The molecule has 0 saturated carbocycles. The van der Waals surface area contributed by atoms with Gasteiger partial charge in [-0.25, -0.2) is 0 Å². The largest absolute Gasteiger partial charge is 0.486 e. The lowest BCUT2D eigenvalue weighted by Gasteiger charge is -2.07. The van der Waals surface area contributed by atoms with Crippen LogP contribution < -0.4 is 20.9 Å². The topological polar surface area (TPSA) is 110 Å². The molecule has 1 aromatic heterocycles. The van der Waals surface area contributed by atoms with Crippen molar-refractivity contribution >= 4 is 29.3 Å². The zero-order valence-electron chi connectivity index (χ0n) is 16.4. The van der Waals surface area contributed by atoms with Crippen molar-refractivity contribution in [1.29, 1.82) is 0 Å². The fourth-order valence-corrected chi connectivity index (χ4v) is 2.62. The van der Waals surface area contributed by atoms with Crippen LogP contribution in [0.15, 0.2) is 71.1 Å². The lowest BCUT2D eigenvalue weighted by Crippen LogP contribution is -2.42. The first-order valence-corrected chi connectivity index (χ1v) is 9.78. The van der Waals surface area contributed by atoms with Crippen molar-refractivity contribution in [3.8, 4) is 5.75 Å². The van der Waals surface area contributed by atoms with Crippen LogP contribution in [0.2, 0.25) is 5.02 Å². The molecule has 0 bridgehead atoms. The fourth-order valence-electron chi connectivity index (χ4n) is 2.49. The molecule has 8 nitrogen and oxygen atoms in total. The van der Waals surface area contributed by atoms with Crippen molar-refractivity contribution < 1.29 is 23.5 Å². The summed E-state index contributed by atoms with van der Waals surface area (Å²) >= 11 is 5.78. The first-order chi connectivity index (χ1) is 15.0.